The largest absolute Gasteiger partial charge is 0.431 e. The van der Waals surface area contributed by atoms with E-state index in [9.17, 15) is 13.2 Å². The number of aromatic amines is 1. The Hall–Kier alpha value is -2.90. The van der Waals surface area contributed by atoms with Crippen molar-refractivity contribution in [3.05, 3.63) is 40.3 Å². The third kappa shape index (κ3) is 2.81. The molecular weight excluding hydrogens is 379 g/mol. The summed E-state index contributed by atoms with van der Waals surface area (Å²) in [5, 5.41) is 17.3. The molecule has 5 nitrogen and oxygen atoms in total. The number of allylic oxidation sites excluding steroid dienone is 2. The lowest BCUT2D eigenvalue weighted by molar-refractivity contribution is -0.0919. The van der Waals surface area contributed by atoms with Gasteiger partial charge in [0, 0.05) is 34.2 Å². The van der Waals surface area contributed by atoms with Crippen LogP contribution in [0.25, 0.3) is 27.4 Å². The Labute approximate surface area is 164 Å². The number of rotatable bonds is 3. The van der Waals surface area contributed by atoms with Gasteiger partial charge in [-0.25, -0.2) is 4.98 Å². The van der Waals surface area contributed by atoms with Gasteiger partial charge in [-0.05, 0) is 61.8 Å². The summed E-state index contributed by atoms with van der Waals surface area (Å²) in [6.45, 7) is 0. The van der Waals surface area contributed by atoms with Gasteiger partial charge in [-0.1, -0.05) is 0 Å². The molecule has 3 aromatic rings. The van der Waals surface area contributed by atoms with Gasteiger partial charge in [0.05, 0.1) is 16.7 Å². The highest BCUT2D eigenvalue weighted by Gasteiger charge is 2.36. The van der Waals surface area contributed by atoms with E-state index in [0.717, 1.165) is 65.2 Å². The Balaban J connectivity index is 1.88. The molecule has 0 bridgehead atoms. The molecule has 29 heavy (non-hydrogen) atoms. The van der Waals surface area contributed by atoms with Crippen molar-refractivity contribution in [3.63, 3.8) is 0 Å². The van der Waals surface area contributed by atoms with Crippen LogP contribution < -0.4 is 5.73 Å². The first kappa shape index (κ1) is 18.1. The highest BCUT2D eigenvalue weighted by molar-refractivity contribution is 6.13. The summed E-state index contributed by atoms with van der Waals surface area (Å²) in [7, 11) is 0. The van der Waals surface area contributed by atoms with Crippen molar-refractivity contribution in [2.75, 3.05) is 0 Å². The lowest BCUT2D eigenvalue weighted by atomic mass is 9.84. The Morgan fingerprint density at radius 1 is 1.10 bits per heavy atom. The maximum Gasteiger partial charge on any atom is 0.431 e. The van der Waals surface area contributed by atoms with Gasteiger partial charge in [0.25, 0.3) is 0 Å². The van der Waals surface area contributed by atoms with E-state index in [0.29, 0.717) is 24.1 Å². The quantitative estimate of drug-likeness (QED) is 0.555. The normalized spacial score (nSPS) is 18.0. The minimum Gasteiger partial charge on any atom is -0.394 e. The Bertz CT molecular complexity index is 1180. The summed E-state index contributed by atoms with van der Waals surface area (Å²) in [4.78, 5) is 4.61. The smallest absolute Gasteiger partial charge is 0.394 e. The number of nitrogens with zero attached hydrogens (tertiary/aromatic N) is 2. The SMILES string of the molecule is N=CC(=C(N)C(F)(F)F)c1nc2ccc3n[nH]c(C4CC4)c3c2c2c1CCCC2. The molecule has 0 saturated heterocycles. The van der Waals surface area contributed by atoms with Crippen molar-refractivity contribution in [1.29, 1.82) is 5.41 Å². The molecule has 0 unspecified atom stereocenters. The van der Waals surface area contributed by atoms with Crippen molar-refractivity contribution in [2.45, 2.75) is 50.6 Å². The fourth-order valence-electron chi connectivity index (χ4n) is 4.47. The average molecular weight is 399 g/mol. The number of nitrogens with two attached hydrogens (primary N) is 1. The molecular formula is C21H20F3N5. The molecule has 0 aliphatic heterocycles. The molecule has 1 saturated carbocycles. The van der Waals surface area contributed by atoms with Crippen LogP contribution in [0, 0.1) is 5.41 Å². The van der Waals surface area contributed by atoms with Crippen molar-refractivity contribution in [2.24, 2.45) is 5.73 Å². The molecule has 2 aliphatic rings. The Kier molecular flexibility index (Phi) is 3.94. The molecule has 8 heteroatoms. The summed E-state index contributed by atoms with van der Waals surface area (Å²) in [6.07, 6.45) is 1.44. The summed E-state index contributed by atoms with van der Waals surface area (Å²) < 4.78 is 39.9. The van der Waals surface area contributed by atoms with Crippen molar-refractivity contribution in [3.8, 4) is 0 Å². The third-order valence-electron chi connectivity index (χ3n) is 6.00. The van der Waals surface area contributed by atoms with Gasteiger partial charge in [-0.3, -0.25) is 5.10 Å². The predicted molar refractivity (Wildman–Crippen MR) is 106 cm³/mol. The second kappa shape index (κ2) is 6.30. The van der Waals surface area contributed by atoms with Gasteiger partial charge in [-0.15, -0.1) is 0 Å². The van der Waals surface area contributed by atoms with Crippen LogP contribution in [0.4, 0.5) is 13.2 Å². The zero-order valence-electron chi connectivity index (χ0n) is 15.7. The van der Waals surface area contributed by atoms with Crippen LogP contribution in [0.5, 0.6) is 0 Å². The summed E-state index contributed by atoms with van der Waals surface area (Å²) in [6, 6.07) is 3.66. The summed E-state index contributed by atoms with van der Waals surface area (Å²) in [5.41, 5.74) is 8.38. The molecule has 2 aliphatic carbocycles. The van der Waals surface area contributed by atoms with Gasteiger partial charge in [0.15, 0.2) is 0 Å². The zero-order chi connectivity index (χ0) is 20.3. The molecule has 4 N–H and O–H groups in total. The highest BCUT2D eigenvalue weighted by atomic mass is 19.4. The number of hydrogen-bond donors (Lipinski definition) is 3. The minimum atomic E-state index is -4.71. The second-order valence-electron chi connectivity index (χ2n) is 7.86. The van der Waals surface area contributed by atoms with E-state index in [4.69, 9.17) is 11.1 Å². The summed E-state index contributed by atoms with van der Waals surface area (Å²) in [5.74, 6) is 0.461. The van der Waals surface area contributed by atoms with E-state index in [1.54, 1.807) is 6.07 Å². The number of fused-ring (bicyclic) bond motifs is 5. The predicted octanol–water partition coefficient (Wildman–Crippen LogP) is 4.75. The molecule has 2 aromatic heterocycles. The fraction of sp³-hybridized carbons (Fsp3) is 0.381. The third-order valence-corrected chi connectivity index (χ3v) is 6.00. The standard InChI is InChI=1S/C21H20F3N5/c22-21(23,24)20(26)13(9-25)19-12-4-2-1-3-11(12)16-14(27-19)7-8-15-17(16)18(29-28-15)10-5-6-10/h7-10,25H,1-6,26H2,(H,28,29). The molecule has 0 atom stereocenters. The molecule has 0 radical (unpaired) electrons. The topological polar surface area (TPSA) is 91.4 Å². The number of H-pyrrole nitrogens is 1. The van der Waals surface area contributed by atoms with Crippen LogP contribution in [-0.4, -0.2) is 27.6 Å². The first-order chi connectivity index (χ1) is 13.9. The van der Waals surface area contributed by atoms with Crippen LogP contribution in [0.15, 0.2) is 17.8 Å². The van der Waals surface area contributed by atoms with E-state index >= 15 is 0 Å². The molecule has 150 valence electrons. The molecule has 2 heterocycles. The van der Waals surface area contributed by atoms with Gasteiger partial charge in [0.2, 0.25) is 0 Å². The summed E-state index contributed by atoms with van der Waals surface area (Å²) >= 11 is 0. The number of nitrogens with one attached hydrogen (secondary N) is 2. The minimum absolute atomic E-state index is 0.188. The van der Waals surface area contributed by atoms with E-state index in [1.807, 2.05) is 6.07 Å². The Morgan fingerprint density at radius 3 is 2.45 bits per heavy atom. The first-order valence-corrected chi connectivity index (χ1v) is 9.80. The van der Waals surface area contributed by atoms with E-state index in [2.05, 4.69) is 15.2 Å². The number of benzene rings is 1. The monoisotopic (exact) mass is 399 g/mol. The van der Waals surface area contributed by atoms with E-state index < -0.39 is 11.9 Å². The molecule has 0 spiro atoms. The number of hydrogen-bond acceptors (Lipinski definition) is 4. The van der Waals surface area contributed by atoms with Crippen LogP contribution in [0.3, 0.4) is 0 Å². The second-order valence-corrected chi connectivity index (χ2v) is 7.86. The van der Waals surface area contributed by atoms with Crippen LogP contribution in [-0.2, 0) is 12.8 Å². The number of pyridine rings is 1. The zero-order valence-corrected chi connectivity index (χ0v) is 15.7. The first-order valence-electron chi connectivity index (χ1n) is 9.80. The van der Waals surface area contributed by atoms with E-state index in [1.165, 1.54) is 0 Å². The molecule has 5 rings (SSSR count). The van der Waals surface area contributed by atoms with Crippen molar-refractivity contribution >= 4 is 33.6 Å². The van der Waals surface area contributed by atoms with Gasteiger partial charge in [-0.2, -0.15) is 18.3 Å². The van der Waals surface area contributed by atoms with Crippen LogP contribution in [0.2, 0.25) is 0 Å². The lowest BCUT2D eigenvalue weighted by Gasteiger charge is -2.23. The molecule has 1 aromatic carbocycles. The van der Waals surface area contributed by atoms with Crippen LogP contribution >= 0.6 is 0 Å². The highest BCUT2D eigenvalue weighted by Crippen LogP contribution is 2.45. The maximum atomic E-state index is 13.3. The van der Waals surface area contributed by atoms with E-state index in [-0.39, 0.29) is 11.3 Å². The molecule has 0 amide bonds. The van der Waals surface area contributed by atoms with Gasteiger partial charge < -0.3 is 11.1 Å². The van der Waals surface area contributed by atoms with Gasteiger partial charge in [0.1, 0.15) is 5.70 Å². The maximum absolute atomic E-state index is 13.3. The fourth-order valence-corrected chi connectivity index (χ4v) is 4.47. The lowest BCUT2D eigenvalue weighted by Crippen LogP contribution is -2.23. The van der Waals surface area contributed by atoms with Crippen LogP contribution in [0.1, 0.15) is 54.1 Å². The average Bonchev–Trinajstić information content (AvgIpc) is 3.46. The van der Waals surface area contributed by atoms with Crippen molar-refractivity contribution in [1.82, 2.24) is 15.2 Å². The van der Waals surface area contributed by atoms with Crippen molar-refractivity contribution < 1.29 is 13.2 Å². The number of aryl methyl sites for hydroxylation is 1. The number of aromatic nitrogens is 3. The molecule has 1 fully saturated rings. The van der Waals surface area contributed by atoms with Gasteiger partial charge >= 0.3 is 6.18 Å². The number of halogens is 3. The Morgan fingerprint density at radius 2 is 1.79 bits per heavy atom. The number of alkyl halides is 3.